The second kappa shape index (κ2) is 8.65. The molecule has 0 aliphatic rings. The predicted molar refractivity (Wildman–Crippen MR) is 95.9 cm³/mol. The number of aromatic nitrogens is 2. The molecule has 0 aliphatic heterocycles. The number of thiophene rings is 1. The maximum absolute atomic E-state index is 12.2. The van der Waals surface area contributed by atoms with Crippen LogP contribution in [0.15, 0.2) is 21.7 Å². The van der Waals surface area contributed by atoms with Gasteiger partial charge >= 0.3 is 0 Å². The third kappa shape index (κ3) is 5.07. The zero-order valence-electron chi connectivity index (χ0n) is 13.6. The molecule has 0 unspecified atom stereocenters. The van der Waals surface area contributed by atoms with Gasteiger partial charge in [0.25, 0.3) is 10.0 Å². The Hall–Kier alpha value is -1.36. The van der Waals surface area contributed by atoms with E-state index in [1.165, 1.54) is 34.0 Å². The Kier molecular flexibility index (Phi) is 6.84. The van der Waals surface area contributed by atoms with Crippen molar-refractivity contribution in [3.8, 4) is 0 Å². The van der Waals surface area contributed by atoms with Crippen molar-refractivity contribution in [3.63, 3.8) is 0 Å². The SMILES string of the molecule is CCCc1nnc(NC(=O)CCCN(C)S(=O)(=O)c2cccs2)s1. The minimum absolute atomic E-state index is 0.184. The number of hydrogen-bond acceptors (Lipinski definition) is 7. The van der Waals surface area contributed by atoms with Crippen LogP contribution in [0.1, 0.15) is 31.2 Å². The van der Waals surface area contributed by atoms with E-state index in [1.54, 1.807) is 17.5 Å². The molecule has 2 heterocycles. The van der Waals surface area contributed by atoms with Crippen LogP contribution in [0.4, 0.5) is 5.13 Å². The molecule has 2 aromatic heterocycles. The van der Waals surface area contributed by atoms with E-state index < -0.39 is 10.0 Å². The molecular formula is C14H20N4O3S3. The summed E-state index contributed by atoms with van der Waals surface area (Å²) in [7, 11) is -1.93. The first-order chi connectivity index (χ1) is 11.4. The van der Waals surface area contributed by atoms with Crippen molar-refractivity contribution >= 4 is 43.7 Å². The third-order valence-corrected chi connectivity index (χ3v) is 7.34. The molecule has 2 rings (SSSR count). The average molecular weight is 389 g/mol. The number of amides is 1. The molecule has 0 saturated carbocycles. The second-order valence-corrected chi connectivity index (χ2v) is 9.44. The molecule has 0 bridgehead atoms. The van der Waals surface area contributed by atoms with Gasteiger partial charge in [-0.1, -0.05) is 24.3 Å². The van der Waals surface area contributed by atoms with E-state index in [0.29, 0.717) is 15.8 Å². The van der Waals surface area contributed by atoms with Gasteiger partial charge in [-0.2, -0.15) is 0 Å². The zero-order chi connectivity index (χ0) is 17.6. The lowest BCUT2D eigenvalue weighted by atomic mass is 10.3. The summed E-state index contributed by atoms with van der Waals surface area (Å²) < 4.78 is 26.1. The highest BCUT2D eigenvalue weighted by Crippen LogP contribution is 2.20. The molecule has 0 radical (unpaired) electrons. The topological polar surface area (TPSA) is 92.3 Å². The van der Waals surface area contributed by atoms with Gasteiger partial charge in [-0.15, -0.1) is 21.5 Å². The number of nitrogens with zero attached hydrogens (tertiary/aromatic N) is 3. The first-order valence-electron chi connectivity index (χ1n) is 7.55. The highest BCUT2D eigenvalue weighted by atomic mass is 32.2. The lowest BCUT2D eigenvalue weighted by Gasteiger charge is -2.15. The predicted octanol–water partition coefficient (Wildman–Crippen LogP) is 2.59. The van der Waals surface area contributed by atoms with E-state index in [-0.39, 0.29) is 18.9 Å². The van der Waals surface area contributed by atoms with Crippen molar-refractivity contribution in [2.24, 2.45) is 0 Å². The van der Waals surface area contributed by atoms with Gasteiger partial charge in [0, 0.05) is 26.4 Å². The minimum Gasteiger partial charge on any atom is -0.301 e. The standard InChI is InChI=1S/C14H20N4O3S3/c1-3-6-12-16-17-14(23-12)15-11(19)7-4-9-18(2)24(20,21)13-8-5-10-22-13/h5,8,10H,3-4,6-7,9H2,1-2H3,(H,15,17,19). The first-order valence-corrected chi connectivity index (χ1v) is 10.7. The van der Waals surface area contributed by atoms with Crippen LogP contribution in [0.25, 0.3) is 0 Å². The highest BCUT2D eigenvalue weighted by Gasteiger charge is 2.21. The molecule has 0 aromatic carbocycles. The lowest BCUT2D eigenvalue weighted by Crippen LogP contribution is -2.28. The monoisotopic (exact) mass is 388 g/mol. The second-order valence-electron chi connectivity index (χ2n) is 5.16. The fourth-order valence-electron chi connectivity index (χ4n) is 1.95. The van der Waals surface area contributed by atoms with Crippen molar-refractivity contribution in [3.05, 3.63) is 22.5 Å². The van der Waals surface area contributed by atoms with Crippen LogP contribution in [-0.4, -0.2) is 42.4 Å². The van der Waals surface area contributed by atoms with E-state index in [0.717, 1.165) is 17.8 Å². The van der Waals surface area contributed by atoms with E-state index in [9.17, 15) is 13.2 Å². The number of carbonyl (C=O) groups excluding carboxylic acids is 1. The Balaban J connectivity index is 1.77. The van der Waals surface area contributed by atoms with Crippen LogP contribution in [0.5, 0.6) is 0 Å². The summed E-state index contributed by atoms with van der Waals surface area (Å²) in [6.07, 6.45) is 2.49. The number of aryl methyl sites for hydroxylation is 1. The highest BCUT2D eigenvalue weighted by molar-refractivity contribution is 7.91. The Morgan fingerprint density at radius 1 is 1.38 bits per heavy atom. The molecule has 24 heavy (non-hydrogen) atoms. The van der Waals surface area contributed by atoms with Crippen molar-refractivity contribution < 1.29 is 13.2 Å². The van der Waals surface area contributed by atoms with E-state index >= 15 is 0 Å². The van der Waals surface area contributed by atoms with Gasteiger partial charge in [-0.25, -0.2) is 12.7 Å². The number of nitrogens with one attached hydrogen (secondary N) is 1. The van der Waals surface area contributed by atoms with Gasteiger partial charge in [0.2, 0.25) is 11.0 Å². The molecule has 1 N–H and O–H groups in total. The normalized spacial score (nSPS) is 11.8. The van der Waals surface area contributed by atoms with Crippen LogP contribution in [0.3, 0.4) is 0 Å². The molecule has 0 fully saturated rings. The summed E-state index contributed by atoms with van der Waals surface area (Å²) in [5.41, 5.74) is 0. The maximum Gasteiger partial charge on any atom is 0.252 e. The van der Waals surface area contributed by atoms with Crippen molar-refractivity contribution in [2.75, 3.05) is 18.9 Å². The first kappa shape index (κ1) is 19.0. The largest absolute Gasteiger partial charge is 0.301 e. The van der Waals surface area contributed by atoms with Crippen LogP contribution in [0.2, 0.25) is 0 Å². The Labute approximate surface area is 149 Å². The van der Waals surface area contributed by atoms with Crippen LogP contribution in [0, 0.1) is 0 Å². The molecule has 7 nitrogen and oxygen atoms in total. The number of anilines is 1. The van der Waals surface area contributed by atoms with Gasteiger partial charge in [0.15, 0.2) is 0 Å². The van der Waals surface area contributed by atoms with Gasteiger partial charge in [0.1, 0.15) is 9.22 Å². The van der Waals surface area contributed by atoms with Crippen molar-refractivity contribution in [2.45, 2.75) is 36.8 Å². The fourth-order valence-corrected chi connectivity index (χ4v) is 5.21. The number of carbonyl (C=O) groups is 1. The van der Waals surface area contributed by atoms with Crippen LogP contribution < -0.4 is 5.32 Å². The minimum atomic E-state index is -3.46. The fraction of sp³-hybridized carbons (Fsp3) is 0.500. The molecule has 1 amide bonds. The molecule has 0 atom stereocenters. The Bertz CT molecular complexity index is 756. The lowest BCUT2D eigenvalue weighted by molar-refractivity contribution is -0.116. The number of hydrogen-bond donors (Lipinski definition) is 1. The summed E-state index contributed by atoms with van der Waals surface area (Å²) in [6, 6.07) is 3.28. The van der Waals surface area contributed by atoms with Crippen molar-refractivity contribution in [1.82, 2.24) is 14.5 Å². The summed E-state index contributed by atoms with van der Waals surface area (Å²) in [6.45, 7) is 2.34. The zero-order valence-corrected chi connectivity index (χ0v) is 16.0. The molecule has 0 saturated heterocycles. The average Bonchev–Trinajstić information content (AvgIpc) is 3.19. The number of sulfonamides is 1. The van der Waals surface area contributed by atoms with Gasteiger partial charge in [-0.05, 0) is 24.3 Å². The molecule has 10 heteroatoms. The summed E-state index contributed by atoms with van der Waals surface area (Å²) >= 11 is 2.55. The summed E-state index contributed by atoms with van der Waals surface area (Å²) in [4.78, 5) is 11.9. The smallest absolute Gasteiger partial charge is 0.252 e. The van der Waals surface area contributed by atoms with E-state index in [1.807, 2.05) is 0 Å². The van der Waals surface area contributed by atoms with E-state index in [2.05, 4.69) is 22.4 Å². The van der Waals surface area contributed by atoms with Crippen LogP contribution >= 0.6 is 22.7 Å². The molecule has 132 valence electrons. The van der Waals surface area contributed by atoms with Crippen molar-refractivity contribution in [1.29, 1.82) is 0 Å². The summed E-state index contributed by atoms with van der Waals surface area (Å²) in [5, 5.41) is 13.7. The van der Waals surface area contributed by atoms with Gasteiger partial charge < -0.3 is 5.32 Å². The number of rotatable bonds is 9. The maximum atomic E-state index is 12.2. The molecular weight excluding hydrogens is 368 g/mol. The molecule has 2 aromatic rings. The molecule has 0 aliphatic carbocycles. The van der Waals surface area contributed by atoms with E-state index in [4.69, 9.17) is 0 Å². The Morgan fingerprint density at radius 2 is 2.17 bits per heavy atom. The van der Waals surface area contributed by atoms with Crippen LogP contribution in [-0.2, 0) is 21.2 Å². The Morgan fingerprint density at radius 3 is 2.83 bits per heavy atom. The quantitative estimate of drug-likeness (QED) is 0.713. The molecule has 0 spiro atoms. The van der Waals surface area contributed by atoms with Gasteiger partial charge in [-0.3, -0.25) is 4.79 Å². The summed E-state index contributed by atoms with van der Waals surface area (Å²) in [5.74, 6) is -0.184. The third-order valence-electron chi connectivity index (χ3n) is 3.21. The van der Waals surface area contributed by atoms with Gasteiger partial charge in [0.05, 0.1) is 0 Å².